The van der Waals surface area contributed by atoms with E-state index in [-0.39, 0.29) is 17.9 Å². The van der Waals surface area contributed by atoms with Gasteiger partial charge in [-0.1, -0.05) is 30.7 Å². The van der Waals surface area contributed by atoms with Gasteiger partial charge < -0.3 is 15.8 Å². The molecule has 1 amide bonds. The number of ether oxygens (including phenoxy) is 1. The quantitative estimate of drug-likeness (QED) is 0.845. The zero-order chi connectivity index (χ0) is 15.1. The summed E-state index contributed by atoms with van der Waals surface area (Å²) in [5, 5.41) is 3.03. The predicted octanol–water partition coefficient (Wildman–Crippen LogP) is 2.36. The predicted molar refractivity (Wildman–Crippen MR) is 83.6 cm³/mol. The van der Waals surface area contributed by atoms with E-state index in [2.05, 4.69) is 5.32 Å². The number of amides is 1. The van der Waals surface area contributed by atoms with Crippen LogP contribution in [0.5, 0.6) is 0 Å². The normalized spacial score (nSPS) is 22.0. The number of carbonyl (C=O) groups excluding carboxylic acids is 1. The van der Waals surface area contributed by atoms with Gasteiger partial charge >= 0.3 is 0 Å². The smallest absolute Gasteiger partial charge is 0.223 e. The van der Waals surface area contributed by atoms with E-state index in [0.29, 0.717) is 13.2 Å². The van der Waals surface area contributed by atoms with E-state index in [1.807, 2.05) is 31.2 Å². The minimum absolute atomic E-state index is 0.0889. The summed E-state index contributed by atoms with van der Waals surface area (Å²) in [6.45, 7) is 3.94. The van der Waals surface area contributed by atoms with E-state index in [4.69, 9.17) is 10.5 Å². The standard InChI is InChI=1S/C17H26N2O2/c1-2-21-12-14-8-6-13(7-9-14)11-19-17(20)15-4-3-5-16(18)10-15/h6-9,15-16H,2-5,10-12,18H2,1H3,(H,19,20). The average molecular weight is 290 g/mol. The summed E-state index contributed by atoms with van der Waals surface area (Å²) in [6, 6.07) is 8.37. The van der Waals surface area contributed by atoms with E-state index < -0.39 is 0 Å². The van der Waals surface area contributed by atoms with Crippen LogP contribution >= 0.6 is 0 Å². The van der Waals surface area contributed by atoms with Crippen LogP contribution in [-0.2, 0) is 22.7 Å². The number of carbonyl (C=O) groups is 1. The molecule has 1 aromatic carbocycles. The molecule has 1 aliphatic carbocycles. The summed E-state index contributed by atoms with van der Waals surface area (Å²) >= 11 is 0. The largest absolute Gasteiger partial charge is 0.377 e. The van der Waals surface area contributed by atoms with Crippen molar-refractivity contribution in [1.82, 2.24) is 5.32 Å². The van der Waals surface area contributed by atoms with Crippen LogP contribution < -0.4 is 11.1 Å². The number of benzene rings is 1. The molecule has 0 saturated heterocycles. The fourth-order valence-corrected chi connectivity index (χ4v) is 2.77. The minimum atomic E-state index is 0.0889. The average Bonchev–Trinajstić information content (AvgIpc) is 2.51. The molecule has 1 fully saturated rings. The molecule has 2 atom stereocenters. The van der Waals surface area contributed by atoms with Crippen molar-refractivity contribution >= 4 is 5.91 Å². The highest BCUT2D eigenvalue weighted by atomic mass is 16.5. The maximum atomic E-state index is 12.1. The molecule has 1 aliphatic rings. The third-order valence-corrected chi connectivity index (χ3v) is 4.05. The number of nitrogens with two attached hydrogens (primary N) is 1. The summed E-state index contributed by atoms with van der Waals surface area (Å²) < 4.78 is 5.37. The lowest BCUT2D eigenvalue weighted by Crippen LogP contribution is -2.37. The highest BCUT2D eigenvalue weighted by molar-refractivity contribution is 5.78. The summed E-state index contributed by atoms with van der Waals surface area (Å²) in [5.41, 5.74) is 8.21. The van der Waals surface area contributed by atoms with Crippen molar-refractivity contribution < 1.29 is 9.53 Å². The summed E-state index contributed by atoms with van der Waals surface area (Å²) in [7, 11) is 0. The Morgan fingerprint density at radius 2 is 2.00 bits per heavy atom. The number of nitrogens with one attached hydrogen (secondary N) is 1. The molecule has 2 unspecified atom stereocenters. The lowest BCUT2D eigenvalue weighted by atomic mass is 9.85. The van der Waals surface area contributed by atoms with Crippen molar-refractivity contribution in [2.45, 2.75) is 51.8 Å². The molecule has 0 aliphatic heterocycles. The molecule has 116 valence electrons. The van der Waals surface area contributed by atoms with Crippen LogP contribution in [0.15, 0.2) is 24.3 Å². The minimum Gasteiger partial charge on any atom is -0.377 e. The van der Waals surface area contributed by atoms with Gasteiger partial charge in [0, 0.05) is 25.1 Å². The Morgan fingerprint density at radius 3 is 2.67 bits per heavy atom. The van der Waals surface area contributed by atoms with Gasteiger partial charge in [0.15, 0.2) is 0 Å². The van der Waals surface area contributed by atoms with Crippen molar-refractivity contribution in [3.05, 3.63) is 35.4 Å². The Morgan fingerprint density at radius 1 is 1.29 bits per heavy atom. The van der Waals surface area contributed by atoms with Crippen LogP contribution in [0.1, 0.15) is 43.7 Å². The van der Waals surface area contributed by atoms with Gasteiger partial charge in [0.05, 0.1) is 6.61 Å². The molecule has 4 nitrogen and oxygen atoms in total. The van der Waals surface area contributed by atoms with Crippen LogP contribution in [0.4, 0.5) is 0 Å². The molecular formula is C17H26N2O2. The van der Waals surface area contributed by atoms with E-state index in [9.17, 15) is 4.79 Å². The second kappa shape index (κ2) is 8.15. The lowest BCUT2D eigenvalue weighted by Gasteiger charge is -2.25. The third kappa shape index (κ3) is 5.14. The molecule has 0 spiro atoms. The lowest BCUT2D eigenvalue weighted by molar-refractivity contribution is -0.126. The Bertz CT molecular complexity index is 445. The third-order valence-electron chi connectivity index (χ3n) is 4.05. The van der Waals surface area contributed by atoms with Gasteiger partial charge in [0.1, 0.15) is 0 Å². The molecular weight excluding hydrogens is 264 g/mol. The maximum absolute atomic E-state index is 12.1. The monoisotopic (exact) mass is 290 g/mol. The molecule has 1 saturated carbocycles. The Balaban J connectivity index is 1.78. The molecule has 1 aromatic rings. The highest BCUT2D eigenvalue weighted by Gasteiger charge is 2.24. The first-order chi connectivity index (χ1) is 10.2. The van der Waals surface area contributed by atoms with Crippen molar-refractivity contribution in [2.75, 3.05) is 6.61 Å². The van der Waals surface area contributed by atoms with Gasteiger partial charge in [-0.15, -0.1) is 0 Å². The van der Waals surface area contributed by atoms with E-state index in [0.717, 1.165) is 43.4 Å². The van der Waals surface area contributed by atoms with Gasteiger partial charge in [0.2, 0.25) is 5.91 Å². The van der Waals surface area contributed by atoms with Crippen molar-refractivity contribution in [3.8, 4) is 0 Å². The maximum Gasteiger partial charge on any atom is 0.223 e. The van der Waals surface area contributed by atoms with E-state index in [1.165, 1.54) is 0 Å². The van der Waals surface area contributed by atoms with Gasteiger partial charge in [-0.25, -0.2) is 0 Å². The first kappa shape index (κ1) is 16.0. The molecule has 0 heterocycles. The zero-order valence-corrected chi connectivity index (χ0v) is 12.8. The number of hydrogen-bond acceptors (Lipinski definition) is 3. The van der Waals surface area contributed by atoms with Crippen LogP contribution in [-0.4, -0.2) is 18.6 Å². The fourth-order valence-electron chi connectivity index (χ4n) is 2.77. The number of hydrogen-bond donors (Lipinski definition) is 2. The summed E-state index contributed by atoms with van der Waals surface area (Å²) in [6.07, 6.45) is 3.89. The SMILES string of the molecule is CCOCc1ccc(CNC(=O)C2CCCC(N)C2)cc1. The van der Waals surface area contributed by atoms with Gasteiger partial charge in [-0.3, -0.25) is 4.79 Å². The highest BCUT2D eigenvalue weighted by Crippen LogP contribution is 2.23. The van der Waals surface area contributed by atoms with Gasteiger partial charge in [-0.2, -0.15) is 0 Å². The van der Waals surface area contributed by atoms with E-state index >= 15 is 0 Å². The molecule has 4 heteroatoms. The van der Waals surface area contributed by atoms with Crippen LogP contribution in [0.25, 0.3) is 0 Å². The first-order valence-electron chi connectivity index (χ1n) is 7.88. The molecule has 0 aromatic heterocycles. The topological polar surface area (TPSA) is 64.3 Å². The van der Waals surface area contributed by atoms with Gasteiger partial charge in [0.25, 0.3) is 0 Å². The molecule has 0 bridgehead atoms. The zero-order valence-electron chi connectivity index (χ0n) is 12.8. The Kier molecular flexibility index (Phi) is 6.21. The van der Waals surface area contributed by atoms with Crippen LogP contribution in [0.2, 0.25) is 0 Å². The Labute approximate surface area is 127 Å². The fraction of sp³-hybridized carbons (Fsp3) is 0.588. The number of rotatable bonds is 6. The van der Waals surface area contributed by atoms with Crippen LogP contribution in [0, 0.1) is 5.92 Å². The van der Waals surface area contributed by atoms with Crippen LogP contribution in [0.3, 0.4) is 0 Å². The van der Waals surface area contributed by atoms with E-state index in [1.54, 1.807) is 0 Å². The first-order valence-corrected chi connectivity index (χ1v) is 7.88. The van der Waals surface area contributed by atoms with Crippen molar-refractivity contribution in [3.63, 3.8) is 0 Å². The molecule has 21 heavy (non-hydrogen) atoms. The second-order valence-electron chi connectivity index (χ2n) is 5.80. The summed E-state index contributed by atoms with van der Waals surface area (Å²) in [5.74, 6) is 0.231. The Hall–Kier alpha value is -1.39. The molecule has 3 N–H and O–H groups in total. The molecule has 0 radical (unpaired) electrons. The molecule has 2 rings (SSSR count). The van der Waals surface area contributed by atoms with Crippen molar-refractivity contribution in [1.29, 1.82) is 0 Å². The van der Waals surface area contributed by atoms with Crippen molar-refractivity contribution in [2.24, 2.45) is 11.7 Å². The van der Waals surface area contributed by atoms with Gasteiger partial charge in [-0.05, 0) is 37.3 Å². The summed E-state index contributed by atoms with van der Waals surface area (Å²) in [4.78, 5) is 12.1. The second-order valence-corrected chi connectivity index (χ2v) is 5.80.